The molecule has 1 aliphatic rings. The summed E-state index contributed by atoms with van der Waals surface area (Å²) >= 11 is 0. The SMILES string of the molecule is COC[C@@H]1CC[C@H](C)N1C. The highest BCUT2D eigenvalue weighted by Gasteiger charge is 2.26. The summed E-state index contributed by atoms with van der Waals surface area (Å²) in [6.45, 7) is 3.16. The van der Waals surface area contributed by atoms with Crippen LogP contribution in [0.1, 0.15) is 19.8 Å². The van der Waals surface area contributed by atoms with E-state index in [-0.39, 0.29) is 0 Å². The second-order valence-corrected chi connectivity index (χ2v) is 3.20. The van der Waals surface area contributed by atoms with Crippen molar-refractivity contribution >= 4 is 0 Å². The molecule has 10 heavy (non-hydrogen) atoms. The first-order valence-corrected chi connectivity index (χ1v) is 3.96. The Morgan fingerprint density at radius 3 is 2.60 bits per heavy atom. The summed E-state index contributed by atoms with van der Waals surface area (Å²) in [6.07, 6.45) is 2.62. The third kappa shape index (κ3) is 1.50. The molecule has 1 heterocycles. The molecule has 0 N–H and O–H groups in total. The summed E-state index contributed by atoms with van der Waals surface area (Å²) in [5.74, 6) is 0. The van der Waals surface area contributed by atoms with Gasteiger partial charge in [0.25, 0.3) is 0 Å². The van der Waals surface area contributed by atoms with Gasteiger partial charge in [-0.25, -0.2) is 0 Å². The molecule has 0 amide bonds. The number of hydrogen-bond acceptors (Lipinski definition) is 2. The van der Waals surface area contributed by atoms with Gasteiger partial charge in [0.15, 0.2) is 0 Å². The molecule has 1 rings (SSSR count). The van der Waals surface area contributed by atoms with Crippen molar-refractivity contribution in [1.29, 1.82) is 0 Å². The number of hydrogen-bond donors (Lipinski definition) is 0. The lowest BCUT2D eigenvalue weighted by Crippen LogP contribution is -2.33. The first-order chi connectivity index (χ1) is 4.75. The number of likely N-dealkylation sites (N-methyl/N-ethyl adjacent to an activating group) is 1. The monoisotopic (exact) mass is 143 g/mol. The zero-order valence-electron chi connectivity index (χ0n) is 7.13. The van der Waals surface area contributed by atoms with E-state index in [4.69, 9.17) is 4.74 Å². The molecule has 0 bridgehead atoms. The maximum Gasteiger partial charge on any atom is 0.0618 e. The quantitative estimate of drug-likeness (QED) is 0.574. The average molecular weight is 143 g/mol. The molecule has 0 saturated carbocycles. The zero-order chi connectivity index (χ0) is 7.56. The van der Waals surface area contributed by atoms with Gasteiger partial charge >= 0.3 is 0 Å². The summed E-state index contributed by atoms with van der Waals surface area (Å²) in [5.41, 5.74) is 0. The van der Waals surface area contributed by atoms with Gasteiger partial charge in [-0.2, -0.15) is 0 Å². The Morgan fingerprint density at radius 2 is 2.20 bits per heavy atom. The van der Waals surface area contributed by atoms with Crippen LogP contribution in [0.15, 0.2) is 0 Å². The van der Waals surface area contributed by atoms with Crippen LogP contribution in [-0.4, -0.2) is 37.7 Å². The van der Waals surface area contributed by atoms with E-state index in [9.17, 15) is 0 Å². The van der Waals surface area contributed by atoms with Gasteiger partial charge in [0.05, 0.1) is 6.61 Å². The molecule has 0 aromatic heterocycles. The zero-order valence-corrected chi connectivity index (χ0v) is 7.13. The van der Waals surface area contributed by atoms with Gasteiger partial charge in [-0.15, -0.1) is 0 Å². The van der Waals surface area contributed by atoms with E-state index in [1.165, 1.54) is 12.8 Å². The predicted molar refractivity (Wildman–Crippen MR) is 42.1 cm³/mol. The second kappa shape index (κ2) is 3.35. The molecule has 1 fully saturated rings. The number of nitrogens with zero attached hydrogens (tertiary/aromatic N) is 1. The fourth-order valence-corrected chi connectivity index (χ4v) is 1.59. The number of likely N-dealkylation sites (tertiary alicyclic amines) is 1. The van der Waals surface area contributed by atoms with Crippen LogP contribution >= 0.6 is 0 Å². The fraction of sp³-hybridized carbons (Fsp3) is 1.00. The lowest BCUT2D eigenvalue weighted by Gasteiger charge is -2.22. The van der Waals surface area contributed by atoms with Crippen LogP contribution < -0.4 is 0 Å². The van der Waals surface area contributed by atoms with E-state index >= 15 is 0 Å². The largest absolute Gasteiger partial charge is 0.383 e. The molecule has 0 spiro atoms. The molecule has 2 heteroatoms. The Balaban J connectivity index is 2.33. The summed E-state index contributed by atoms with van der Waals surface area (Å²) in [7, 11) is 3.96. The van der Waals surface area contributed by atoms with E-state index in [1.54, 1.807) is 7.11 Å². The molecule has 60 valence electrons. The number of methoxy groups -OCH3 is 1. The molecular formula is C8H17NO. The summed E-state index contributed by atoms with van der Waals surface area (Å²) < 4.78 is 5.10. The van der Waals surface area contributed by atoms with Crippen molar-refractivity contribution in [3.8, 4) is 0 Å². The smallest absolute Gasteiger partial charge is 0.0618 e. The minimum absolute atomic E-state index is 0.667. The Morgan fingerprint density at radius 1 is 1.50 bits per heavy atom. The molecule has 0 radical (unpaired) electrons. The third-order valence-corrected chi connectivity index (χ3v) is 2.55. The van der Waals surface area contributed by atoms with Crippen LogP contribution in [0.25, 0.3) is 0 Å². The molecule has 0 aromatic rings. The highest BCUT2D eigenvalue weighted by molar-refractivity contribution is 4.81. The van der Waals surface area contributed by atoms with E-state index in [2.05, 4.69) is 18.9 Å². The molecule has 0 aliphatic carbocycles. The first-order valence-electron chi connectivity index (χ1n) is 3.96. The van der Waals surface area contributed by atoms with Crippen LogP contribution in [0.5, 0.6) is 0 Å². The maximum atomic E-state index is 5.10. The Hall–Kier alpha value is -0.0800. The van der Waals surface area contributed by atoms with Gasteiger partial charge in [-0.3, -0.25) is 4.90 Å². The molecule has 0 unspecified atom stereocenters. The first kappa shape index (κ1) is 8.02. The van der Waals surface area contributed by atoms with Crippen LogP contribution in [-0.2, 0) is 4.74 Å². The second-order valence-electron chi connectivity index (χ2n) is 3.20. The third-order valence-electron chi connectivity index (χ3n) is 2.55. The van der Waals surface area contributed by atoms with E-state index in [0.29, 0.717) is 6.04 Å². The summed E-state index contributed by atoms with van der Waals surface area (Å²) in [5, 5.41) is 0. The van der Waals surface area contributed by atoms with Crippen LogP contribution in [0.3, 0.4) is 0 Å². The number of rotatable bonds is 2. The molecule has 1 aliphatic heterocycles. The lowest BCUT2D eigenvalue weighted by atomic mass is 10.2. The van der Waals surface area contributed by atoms with Gasteiger partial charge < -0.3 is 4.74 Å². The Labute approximate surface area is 63.2 Å². The van der Waals surface area contributed by atoms with Gasteiger partial charge in [-0.1, -0.05) is 0 Å². The average Bonchev–Trinajstić information content (AvgIpc) is 2.20. The minimum Gasteiger partial charge on any atom is -0.383 e. The van der Waals surface area contributed by atoms with E-state index in [0.717, 1.165) is 12.6 Å². The van der Waals surface area contributed by atoms with E-state index < -0.39 is 0 Å². The molecular weight excluding hydrogens is 126 g/mol. The van der Waals surface area contributed by atoms with Gasteiger partial charge in [0.1, 0.15) is 0 Å². The van der Waals surface area contributed by atoms with Crippen molar-refractivity contribution in [2.45, 2.75) is 31.8 Å². The highest BCUT2D eigenvalue weighted by Crippen LogP contribution is 2.21. The van der Waals surface area contributed by atoms with Crippen LogP contribution in [0.4, 0.5) is 0 Å². The minimum atomic E-state index is 0.667. The number of ether oxygens (including phenoxy) is 1. The van der Waals surface area contributed by atoms with Crippen molar-refractivity contribution in [3.63, 3.8) is 0 Å². The van der Waals surface area contributed by atoms with Crippen molar-refractivity contribution in [2.75, 3.05) is 20.8 Å². The highest BCUT2D eigenvalue weighted by atomic mass is 16.5. The topological polar surface area (TPSA) is 12.5 Å². The van der Waals surface area contributed by atoms with Crippen molar-refractivity contribution in [3.05, 3.63) is 0 Å². The van der Waals surface area contributed by atoms with Crippen molar-refractivity contribution in [2.24, 2.45) is 0 Å². The molecule has 2 nitrogen and oxygen atoms in total. The lowest BCUT2D eigenvalue weighted by molar-refractivity contribution is 0.117. The van der Waals surface area contributed by atoms with Crippen molar-refractivity contribution in [1.82, 2.24) is 4.90 Å². The molecule has 0 aromatic carbocycles. The van der Waals surface area contributed by atoms with Gasteiger partial charge in [-0.05, 0) is 26.8 Å². The van der Waals surface area contributed by atoms with Gasteiger partial charge in [0, 0.05) is 19.2 Å². The molecule has 1 saturated heterocycles. The Kier molecular flexibility index (Phi) is 2.69. The standard InChI is InChI=1S/C8H17NO/c1-7-4-5-8(6-10-3)9(7)2/h7-8H,4-6H2,1-3H3/t7-,8-/m0/s1. The molecule has 2 atom stereocenters. The van der Waals surface area contributed by atoms with E-state index in [1.807, 2.05) is 0 Å². The van der Waals surface area contributed by atoms with Gasteiger partial charge in [0.2, 0.25) is 0 Å². The Bertz CT molecular complexity index is 103. The fourth-order valence-electron chi connectivity index (χ4n) is 1.59. The summed E-state index contributed by atoms with van der Waals surface area (Å²) in [6, 6.07) is 1.42. The van der Waals surface area contributed by atoms with Crippen molar-refractivity contribution < 1.29 is 4.74 Å². The predicted octanol–water partition coefficient (Wildman–Crippen LogP) is 1.12. The van der Waals surface area contributed by atoms with Crippen LogP contribution in [0, 0.1) is 0 Å². The normalized spacial score (nSPS) is 35.1. The summed E-state index contributed by atoms with van der Waals surface area (Å²) in [4.78, 5) is 2.41. The maximum absolute atomic E-state index is 5.10. The van der Waals surface area contributed by atoms with Crippen LogP contribution in [0.2, 0.25) is 0 Å².